The zero-order chi connectivity index (χ0) is 27.4. The van der Waals surface area contributed by atoms with Crippen LogP contribution in [0.1, 0.15) is 44.9 Å². The molecule has 2 heterocycles. The van der Waals surface area contributed by atoms with E-state index in [1.54, 1.807) is 0 Å². The fourth-order valence-corrected chi connectivity index (χ4v) is 3.56. The number of fused-ring (bicyclic) bond motifs is 1. The van der Waals surface area contributed by atoms with Gasteiger partial charge in [0, 0.05) is 30.8 Å². The van der Waals surface area contributed by atoms with Crippen molar-refractivity contribution in [1.29, 1.82) is 0 Å². The molecule has 0 spiro atoms. The molecule has 0 aliphatic carbocycles. The Morgan fingerprint density at radius 3 is 2.22 bits per heavy atom. The molecule has 1 aromatic carbocycles. The number of carbonyl (C=O) groups is 5. The number of hydrogen-bond donors (Lipinski definition) is 6. The summed E-state index contributed by atoms with van der Waals surface area (Å²) in [6, 6.07) is 2.20. The van der Waals surface area contributed by atoms with Crippen LogP contribution in [0.2, 0.25) is 0 Å². The van der Waals surface area contributed by atoms with Crippen LogP contribution in [0.15, 0.2) is 30.5 Å². The number of aromatic carboxylic acids is 2. The van der Waals surface area contributed by atoms with Gasteiger partial charge in [0.2, 0.25) is 0 Å². The molecule has 14 heteroatoms. The third kappa shape index (κ3) is 6.18. The number of carboxylic acid groups (broad SMARTS) is 4. The Hall–Kier alpha value is -4.98. The van der Waals surface area contributed by atoms with Crippen molar-refractivity contribution in [3.05, 3.63) is 53.0 Å². The first-order valence-corrected chi connectivity index (χ1v) is 10.6. The molecule has 0 unspecified atom stereocenters. The molecule has 14 nitrogen and oxygen atoms in total. The third-order valence-electron chi connectivity index (χ3n) is 5.37. The van der Waals surface area contributed by atoms with Crippen molar-refractivity contribution < 1.29 is 54.2 Å². The number of phenolic OH excluding ortho intramolecular Hbond substituents is 1. The van der Waals surface area contributed by atoms with Gasteiger partial charge in [0.05, 0.1) is 0 Å². The number of aromatic nitrogens is 1. The van der Waals surface area contributed by atoms with E-state index in [0.29, 0.717) is 5.56 Å². The quantitative estimate of drug-likeness (QED) is 0.189. The summed E-state index contributed by atoms with van der Waals surface area (Å²) in [5.41, 5.74) is 5.30. The summed E-state index contributed by atoms with van der Waals surface area (Å²) in [4.78, 5) is 62.1. The summed E-state index contributed by atoms with van der Waals surface area (Å²) in [5.74, 6) is -7.10. The predicted octanol–water partition coefficient (Wildman–Crippen LogP) is 0.768. The highest BCUT2D eigenvalue weighted by Gasteiger charge is 2.35. The van der Waals surface area contributed by atoms with Crippen LogP contribution in [0.3, 0.4) is 0 Å². The number of benzene rings is 1. The Morgan fingerprint density at radius 2 is 1.68 bits per heavy atom. The van der Waals surface area contributed by atoms with Crippen LogP contribution in [0.25, 0.3) is 6.08 Å². The molecule has 3 rings (SSSR count). The zero-order valence-corrected chi connectivity index (χ0v) is 18.9. The van der Waals surface area contributed by atoms with Gasteiger partial charge in [0.25, 0.3) is 0 Å². The highest BCUT2D eigenvalue weighted by atomic mass is 16.5. The lowest BCUT2D eigenvalue weighted by Crippen LogP contribution is -2.34. The Labute approximate surface area is 207 Å². The van der Waals surface area contributed by atoms with Gasteiger partial charge < -0.3 is 40.9 Å². The maximum Gasteiger partial charge on any atom is 0.354 e. The molecule has 0 radical (unpaired) electrons. The number of phenols is 1. The number of rotatable bonds is 10. The summed E-state index contributed by atoms with van der Waals surface area (Å²) in [5, 5.41) is 47.2. The largest absolute Gasteiger partial charge is 0.504 e. The van der Waals surface area contributed by atoms with Gasteiger partial charge in [-0.15, -0.1) is 0 Å². The van der Waals surface area contributed by atoms with Gasteiger partial charge in [-0.25, -0.2) is 24.2 Å². The summed E-state index contributed by atoms with van der Waals surface area (Å²) >= 11 is 0. The minimum absolute atomic E-state index is 0.0675. The molecule has 1 aliphatic rings. The minimum atomic E-state index is -1.46. The van der Waals surface area contributed by atoms with Crippen molar-refractivity contribution in [2.45, 2.75) is 31.3 Å². The van der Waals surface area contributed by atoms with Crippen molar-refractivity contribution in [1.82, 2.24) is 4.98 Å². The van der Waals surface area contributed by atoms with E-state index in [9.17, 15) is 44.4 Å². The lowest BCUT2D eigenvalue weighted by atomic mass is 10.1. The second kappa shape index (κ2) is 10.7. The summed E-state index contributed by atoms with van der Waals surface area (Å²) in [6.45, 7) is 0. The van der Waals surface area contributed by atoms with Crippen LogP contribution >= 0.6 is 0 Å². The van der Waals surface area contributed by atoms with E-state index in [2.05, 4.69) is 4.98 Å². The molecule has 1 aliphatic heterocycles. The highest BCUT2D eigenvalue weighted by molar-refractivity contribution is 5.91. The van der Waals surface area contributed by atoms with Crippen molar-refractivity contribution >= 4 is 41.6 Å². The third-order valence-corrected chi connectivity index (χ3v) is 5.37. The topological polar surface area (TPSA) is 238 Å². The minimum Gasteiger partial charge on any atom is -0.504 e. The van der Waals surface area contributed by atoms with Gasteiger partial charge >= 0.3 is 29.8 Å². The zero-order valence-electron chi connectivity index (χ0n) is 18.9. The first-order chi connectivity index (χ1) is 17.4. The number of pyridine rings is 1. The standard InChI is InChI=1S/C23H21N3O11/c24-12(1-2-19(28)29)23(36)37-18-8-11-7-16(22(34)35)26(15(11)9-17(18)27)4-3-10-5-13(20(30)31)25-14(6-10)21(32)33/h3-6,8-9,12,16,27H,1-2,7,24H2,(H,28,29)(H,30,31)(H,32,33)(H,34,35)/b4-3+/t12-,16-/m0/s1. The number of aromatic hydroxyl groups is 1. The second-order valence-corrected chi connectivity index (χ2v) is 7.97. The molecule has 0 saturated heterocycles. The normalized spacial score (nSPS) is 15.3. The molecular weight excluding hydrogens is 494 g/mol. The number of carbonyl (C=O) groups excluding carboxylic acids is 1. The van der Waals surface area contributed by atoms with Crippen LogP contribution in [0, 0.1) is 0 Å². The van der Waals surface area contributed by atoms with Gasteiger partial charge in [0.15, 0.2) is 11.5 Å². The average Bonchev–Trinajstić information content (AvgIpc) is 3.18. The number of ether oxygens (including phenoxy) is 1. The van der Waals surface area contributed by atoms with Gasteiger partial charge in [-0.2, -0.15) is 0 Å². The fourth-order valence-electron chi connectivity index (χ4n) is 3.56. The van der Waals surface area contributed by atoms with Crippen molar-refractivity contribution in [2.24, 2.45) is 5.73 Å². The lowest BCUT2D eigenvalue weighted by Gasteiger charge is -2.20. The maximum absolute atomic E-state index is 12.2. The van der Waals surface area contributed by atoms with Crippen LogP contribution in [-0.4, -0.2) is 72.4 Å². The summed E-state index contributed by atoms with van der Waals surface area (Å²) in [7, 11) is 0. The Bertz CT molecular complexity index is 1290. The average molecular weight is 515 g/mol. The van der Waals surface area contributed by atoms with E-state index in [1.807, 2.05) is 0 Å². The molecule has 1 aromatic heterocycles. The number of nitrogens with zero attached hydrogens (tertiary/aromatic N) is 2. The second-order valence-electron chi connectivity index (χ2n) is 7.97. The van der Waals surface area contributed by atoms with Crippen LogP contribution in [0.4, 0.5) is 5.69 Å². The first-order valence-electron chi connectivity index (χ1n) is 10.6. The van der Waals surface area contributed by atoms with Gasteiger partial charge in [-0.1, -0.05) is 0 Å². The maximum atomic E-state index is 12.2. The van der Waals surface area contributed by atoms with E-state index < -0.39 is 59.1 Å². The molecule has 2 atom stereocenters. The molecule has 7 N–H and O–H groups in total. The number of carboxylic acids is 4. The van der Waals surface area contributed by atoms with E-state index >= 15 is 0 Å². The SMILES string of the molecule is N[C@@H](CCC(=O)O)C(=O)Oc1cc2c(cc1O)N(/C=C/c1cc(C(=O)O)nc(C(=O)O)c1)[C@H](C(=O)O)C2. The highest BCUT2D eigenvalue weighted by Crippen LogP contribution is 2.41. The van der Waals surface area contributed by atoms with Crippen LogP contribution in [-0.2, 0) is 20.8 Å². The number of esters is 1. The van der Waals surface area contributed by atoms with Crippen molar-refractivity contribution in [3.8, 4) is 11.5 Å². The molecule has 0 saturated carbocycles. The van der Waals surface area contributed by atoms with Crippen molar-refractivity contribution in [3.63, 3.8) is 0 Å². The number of aliphatic carboxylic acids is 2. The molecule has 37 heavy (non-hydrogen) atoms. The fraction of sp³-hybridized carbons (Fsp3) is 0.217. The van der Waals surface area contributed by atoms with E-state index in [0.717, 1.165) is 18.2 Å². The van der Waals surface area contributed by atoms with Crippen molar-refractivity contribution in [2.75, 3.05) is 4.90 Å². The molecule has 0 amide bonds. The smallest absolute Gasteiger partial charge is 0.354 e. The van der Waals surface area contributed by atoms with Gasteiger partial charge in [-0.3, -0.25) is 4.79 Å². The molecular formula is C23H21N3O11. The van der Waals surface area contributed by atoms with E-state index in [1.165, 1.54) is 23.2 Å². The molecule has 0 fully saturated rings. The Kier molecular flexibility index (Phi) is 7.73. The summed E-state index contributed by atoms with van der Waals surface area (Å²) < 4.78 is 5.09. The monoisotopic (exact) mass is 515 g/mol. The predicted molar refractivity (Wildman–Crippen MR) is 123 cm³/mol. The molecule has 194 valence electrons. The lowest BCUT2D eigenvalue weighted by molar-refractivity contribution is -0.139. The first kappa shape index (κ1) is 26.6. The van der Waals surface area contributed by atoms with E-state index in [4.69, 9.17) is 15.6 Å². The van der Waals surface area contributed by atoms with Crippen LogP contribution in [0.5, 0.6) is 11.5 Å². The van der Waals surface area contributed by atoms with E-state index in [-0.39, 0.29) is 36.3 Å². The number of nitrogens with two attached hydrogens (primary N) is 1. The molecule has 0 bridgehead atoms. The molecule has 2 aromatic rings. The van der Waals surface area contributed by atoms with Gasteiger partial charge in [-0.05, 0) is 41.8 Å². The van der Waals surface area contributed by atoms with Gasteiger partial charge in [0.1, 0.15) is 23.5 Å². The van der Waals surface area contributed by atoms with Crippen LogP contribution < -0.4 is 15.4 Å². The summed E-state index contributed by atoms with van der Waals surface area (Å²) in [6.07, 6.45) is 1.94. The number of anilines is 1. The number of hydrogen-bond acceptors (Lipinski definition) is 10. The Morgan fingerprint density at radius 1 is 1.05 bits per heavy atom. The Balaban J connectivity index is 1.91.